The van der Waals surface area contributed by atoms with E-state index in [1.54, 1.807) is 0 Å². The number of carbonyl (C=O) groups excluding carboxylic acids is 1. The highest BCUT2D eigenvalue weighted by Crippen LogP contribution is 2.21. The summed E-state index contributed by atoms with van der Waals surface area (Å²) in [6.45, 7) is 1.57. The summed E-state index contributed by atoms with van der Waals surface area (Å²) >= 11 is 0. The quantitative estimate of drug-likeness (QED) is 0.853. The SMILES string of the molecule is Cc1ccc(F)c(C(=O)c2ccc(CN)o2)c1F. The molecule has 0 saturated heterocycles. The Bertz CT molecular complexity index is 605. The zero-order valence-electron chi connectivity index (χ0n) is 9.67. The summed E-state index contributed by atoms with van der Waals surface area (Å²) < 4.78 is 32.4. The van der Waals surface area contributed by atoms with Gasteiger partial charge in [0.15, 0.2) is 5.76 Å². The number of benzene rings is 1. The third kappa shape index (κ3) is 2.04. The molecule has 0 aliphatic heterocycles. The van der Waals surface area contributed by atoms with E-state index >= 15 is 0 Å². The Labute approximate surface area is 102 Å². The average Bonchev–Trinajstić information content (AvgIpc) is 2.83. The molecule has 0 aliphatic carbocycles. The largest absolute Gasteiger partial charge is 0.456 e. The van der Waals surface area contributed by atoms with Crippen molar-refractivity contribution in [1.29, 1.82) is 0 Å². The molecule has 3 nitrogen and oxygen atoms in total. The van der Waals surface area contributed by atoms with E-state index < -0.39 is 23.0 Å². The topological polar surface area (TPSA) is 56.2 Å². The van der Waals surface area contributed by atoms with E-state index in [0.29, 0.717) is 5.76 Å². The maximum absolute atomic E-state index is 13.8. The van der Waals surface area contributed by atoms with Crippen LogP contribution >= 0.6 is 0 Å². The normalized spacial score (nSPS) is 10.7. The summed E-state index contributed by atoms with van der Waals surface area (Å²) in [4.78, 5) is 12.0. The van der Waals surface area contributed by atoms with Gasteiger partial charge >= 0.3 is 0 Å². The number of ketones is 1. The minimum atomic E-state index is -0.909. The molecule has 0 saturated carbocycles. The molecule has 1 heterocycles. The molecule has 0 atom stereocenters. The summed E-state index contributed by atoms with van der Waals surface area (Å²) in [5, 5.41) is 0. The van der Waals surface area contributed by atoms with Crippen molar-refractivity contribution in [2.75, 3.05) is 0 Å². The summed E-state index contributed by atoms with van der Waals surface area (Å²) in [7, 11) is 0. The van der Waals surface area contributed by atoms with Crippen LogP contribution in [0.5, 0.6) is 0 Å². The minimum absolute atomic E-state index is 0.117. The van der Waals surface area contributed by atoms with Gasteiger partial charge in [0.25, 0.3) is 0 Å². The third-order valence-electron chi connectivity index (χ3n) is 2.60. The van der Waals surface area contributed by atoms with Crippen LogP contribution in [0.25, 0.3) is 0 Å². The predicted molar refractivity (Wildman–Crippen MR) is 61.1 cm³/mol. The van der Waals surface area contributed by atoms with Gasteiger partial charge in [-0.3, -0.25) is 4.79 Å². The Balaban J connectivity index is 2.49. The van der Waals surface area contributed by atoms with E-state index in [4.69, 9.17) is 10.2 Å². The Hall–Kier alpha value is -2.01. The lowest BCUT2D eigenvalue weighted by Crippen LogP contribution is -2.08. The fourth-order valence-electron chi connectivity index (χ4n) is 1.60. The van der Waals surface area contributed by atoms with Crippen LogP contribution in [0.4, 0.5) is 8.78 Å². The van der Waals surface area contributed by atoms with Crippen LogP contribution in [0, 0.1) is 18.6 Å². The molecule has 1 aromatic heterocycles. The van der Waals surface area contributed by atoms with Crippen molar-refractivity contribution < 1.29 is 18.0 Å². The molecule has 0 fully saturated rings. The molecule has 2 N–H and O–H groups in total. The summed E-state index contributed by atoms with van der Waals surface area (Å²) in [6, 6.07) is 5.18. The van der Waals surface area contributed by atoms with Crippen molar-refractivity contribution in [1.82, 2.24) is 0 Å². The van der Waals surface area contributed by atoms with Crippen LogP contribution < -0.4 is 5.73 Å². The molecule has 94 valence electrons. The molecular formula is C13H11F2NO2. The fraction of sp³-hybridized carbons (Fsp3) is 0.154. The van der Waals surface area contributed by atoms with Gasteiger partial charge in [0.2, 0.25) is 5.78 Å². The molecule has 1 aromatic carbocycles. The first-order valence-corrected chi connectivity index (χ1v) is 5.32. The van der Waals surface area contributed by atoms with E-state index in [0.717, 1.165) is 6.07 Å². The maximum Gasteiger partial charge on any atom is 0.234 e. The Morgan fingerprint density at radius 2 is 2.00 bits per heavy atom. The molecule has 18 heavy (non-hydrogen) atoms. The van der Waals surface area contributed by atoms with E-state index in [1.807, 2.05) is 0 Å². The molecule has 2 rings (SSSR count). The first kappa shape index (κ1) is 12.4. The van der Waals surface area contributed by atoms with Gasteiger partial charge in [0.1, 0.15) is 17.4 Å². The summed E-state index contributed by atoms with van der Waals surface area (Å²) in [5.41, 5.74) is 4.93. The van der Waals surface area contributed by atoms with Crippen LogP contribution in [0.3, 0.4) is 0 Å². The molecule has 0 amide bonds. The lowest BCUT2D eigenvalue weighted by Gasteiger charge is -2.04. The molecule has 0 spiro atoms. The number of hydrogen-bond acceptors (Lipinski definition) is 3. The highest BCUT2D eigenvalue weighted by atomic mass is 19.1. The Morgan fingerprint density at radius 3 is 2.61 bits per heavy atom. The Morgan fingerprint density at radius 1 is 1.28 bits per heavy atom. The minimum Gasteiger partial charge on any atom is -0.456 e. The summed E-state index contributed by atoms with van der Waals surface area (Å²) in [5.74, 6) is -2.35. The Kier molecular flexibility index (Phi) is 3.25. The zero-order valence-corrected chi connectivity index (χ0v) is 9.67. The number of furan rings is 1. The number of aryl methyl sites for hydroxylation is 1. The monoisotopic (exact) mass is 251 g/mol. The second-order valence-electron chi connectivity index (χ2n) is 3.85. The second-order valence-corrected chi connectivity index (χ2v) is 3.85. The van der Waals surface area contributed by atoms with Gasteiger partial charge in [0, 0.05) is 0 Å². The molecule has 5 heteroatoms. The molecule has 0 radical (unpaired) electrons. The lowest BCUT2D eigenvalue weighted by molar-refractivity contribution is 0.0999. The lowest BCUT2D eigenvalue weighted by atomic mass is 10.0. The van der Waals surface area contributed by atoms with Crippen LogP contribution in [-0.4, -0.2) is 5.78 Å². The maximum atomic E-state index is 13.8. The van der Waals surface area contributed by atoms with Gasteiger partial charge in [-0.25, -0.2) is 8.78 Å². The first-order valence-electron chi connectivity index (χ1n) is 5.32. The van der Waals surface area contributed by atoms with Crippen molar-refractivity contribution in [2.45, 2.75) is 13.5 Å². The van der Waals surface area contributed by atoms with Crippen molar-refractivity contribution in [3.05, 3.63) is 58.5 Å². The van der Waals surface area contributed by atoms with E-state index in [9.17, 15) is 13.6 Å². The van der Waals surface area contributed by atoms with Gasteiger partial charge in [0.05, 0.1) is 12.1 Å². The van der Waals surface area contributed by atoms with Gasteiger partial charge in [-0.2, -0.15) is 0 Å². The number of nitrogens with two attached hydrogens (primary N) is 1. The van der Waals surface area contributed by atoms with Crippen molar-refractivity contribution in [3.63, 3.8) is 0 Å². The predicted octanol–water partition coefficient (Wildman–Crippen LogP) is 2.56. The average molecular weight is 251 g/mol. The fourth-order valence-corrected chi connectivity index (χ4v) is 1.60. The first-order chi connectivity index (χ1) is 8.54. The summed E-state index contributed by atoms with van der Waals surface area (Å²) in [6.07, 6.45) is 0. The van der Waals surface area contributed by atoms with Gasteiger partial charge in [-0.1, -0.05) is 6.07 Å². The smallest absolute Gasteiger partial charge is 0.234 e. The van der Waals surface area contributed by atoms with Crippen LogP contribution in [0.2, 0.25) is 0 Å². The molecule has 0 aliphatic rings. The number of rotatable bonds is 3. The number of hydrogen-bond donors (Lipinski definition) is 1. The van der Waals surface area contributed by atoms with Crippen LogP contribution in [0.15, 0.2) is 28.7 Å². The van der Waals surface area contributed by atoms with Crippen LogP contribution in [-0.2, 0) is 6.54 Å². The molecule has 0 unspecified atom stereocenters. The van der Waals surface area contributed by atoms with E-state index in [-0.39, 0.29) is 17.9 Å². The molecule has 2 aromatic rings. The van der Waals surface area contributed by atoms with Crippen molar-refractivity contribution in [3.8, 4) is 0 Å². The van der Waals surface area contributed by atoms with Crippen molar-refractivity contribution >= 4 is 5.78 Å². The third-order valence-corrected chi connectivity index (χ3v) is 2.60. The van der Waals surface area contributed by atoms with E-state index in [1.165, 1.54) is 25.1 Å². The van der Waals surface area contributed by atoms with Gasteiger partial charge < -0.3 is 10.2 Å². The number of halogens is 2. The molecular weight excluding hydrogens is 240 g/mol. The van der Waals surface area contributed by atoms with Gasteiger partial charge in [-0.15, -0.1) is 0 Å². The number of carbonyl (C=O) groups is 1. The van der Waals surface area contributed by atoms with E-state index in [2.05, 4.69) is 0 Å². The second kappa shape index (κ2) is 4.70. The zero-order chi connectivity index (χ0) is 13.3. The van der Waals surface area contributed by atoms with Gasteiger partial charge in [-0.05, 0) is 30.7 Å². The highest BCUT2D eigenvalue weighted by Gasteiger charge is 2.22. The standard InChI is InChI=1S/C13H11F2NO2/c1-7-2-4-9(14)11(12(7)15)13(17)10-5-3-8(6-16)18-10/h2-5H,6,16H2,1H3. The highest BCUT2D eigenvalue weighted by molar-refractivity contribution is 6.07. The molecule has 0 bridgehead atoms. The van der Waals surface area contributed by atoms with Crippen LogP contribution in [0.1, 0.15) is 27.4 Å². The van der Waals surface area contributed by atoms with Crippen molar-refractivity contribution in [2.24, 2.45) is 5.73 Å².